The maximum absolute atomic E-state index is 11.7. The van der Waals surface area contributed by atoms with Crippen LogP contribution in [0.25, 0.3) is 0 Å². The molecule has 0 aliphatic carbocycles. The smallest absolute Gasteiger partial charge is 0.278 e. The van der Waals surface area contributed by atoms with E-state index in [1.165, 1.54) is 12.4 Å². The number of hydrogen-bond acceptors (Lipinski definition) is 5. The van der Waals surface area contributed by atoms with E-state index in [1.54, 1.807) is 25.1 Å². The van der Waals surface area contributed by atoms with Gasteiger partial charge in [-0.3, -0.25) is 9.59 Å². The van der Waals surface area contributed by atoms with Gasteiger partial charge in [0, 0.05) is 11.8 Å². The summed E-state index contributed by atoms with van der Waals surface area (Å²) in [7, 11) is 0. The van der Waals surface area contributed by atoms with Crippen LogP contribution in [0.1, 0.15) is 22.8 Å². The SMILES string of the molecule is C/C(=N\NC(=O)c1cnc[nH]c1=O)c1ccccc1O. The lowest BCUT2D eigenvalue weighted by Gasteiger charge is -2.04. The third-order valence-corrected chi connectivity index (χ3v) is 2.58. The number of hydrazone groups is 1. The van der Waals surface area contributed by atoms with Gasteiger partial charge in [0.1, 0.15) is 11.3 Å². The number of benzene rings is 1. The molecule has 0 unspecified atom stereocenters. The number of hydrogen-bond donors (Lipinski definition) is 3. The first-order chi connectivity index (χ1) is 9.59. The van der Waals surface area contributed by atoms with Gasteiger partial charge in [-0.1, -0.05) is 12.1 Å². The molecule has 7 heteroatoms. The van der Waals surface area contributed by atoms with E-state index in [1.807, 2.05) is 0 Å². The molecule has 0 atom stereocenters. The molecule has 1 amide bonds. The number of H-pyrrole nitrogens is 1. The van der Waals surface area contributed by atoms with Crippen LogP contribution in [0.4, 0.5) is 0 Å². The number of phenolic OH excluding ortho intramolecular Hbond substituents is 1. The highest BCUT2D eigenvalue weighted by Crippen LogP contribution is 2.16. The quantitative estimate of drug-likeness (QED) is 0.562. The van der Waals surface area contributed by atoms with Gasteiger partial charge >= 0.3 is 0 Å². The average molecular weight is 272 g/mol. The van der Waals surface area contributed by atoms with Crippen molar-refractivity contribution in [2.24, 2.45) is 5.10 Å². The first-order valence-electron chi connectivity index (χ1n) is 5.75. The van der Waals surface area contributed by atoms with Crippen LogP contribution in [0.2, 0.25) is 0 Å². The molecular weight excluding hydrogens is 260 g/mol. The second-order valence-corrected chi connectivity index (χ2v) is 3.95. The van der Waals surface area contributed by atoms with Crippen LogP contribution < -0.4 is 11.0 Å². The van der Waals surface area contributed by atoms with Crippen molar-refractivity contribution in [1.29, 1.82) is 0 Å². The standard InChI is InChI=1S/C13H12N4O3/c1-8(9-4-2-3-5-11(9)18)16-17-13(20)10-6-14-7-15-12(10)19/h2-7,18H,1H3,(H,17,20)(H,14,15,19)/b16-8+. The summed E-state index contributed by atoms with van der Waals surface area (Å²) < 4.78 is 0. The number of phenols is 1. The molecule has 20 heavy (non-hydrogen) atoms. The Hall–Kier alpha value is -2.96. The molecule has 0 fully saturated rings. The maximum Gasteiger partial charge on any atom is 0.278 e. The van der Waals surface area contributed by atoms with Crippen molar-refractivity contribution in [3.8, 4) is 5.75 Å². The number of aromatic amines is 1. The van der Waals surface area contributed by atoms with Crippen LogP contribution in [0.3, 0.4) is 0 Å². The van der Waals surface area contributed by atoms with Gasteiger partial charge in [0.2, 0.25) is 0 Å². The Kier molecular flexibility index (Phi) is 3.90. The number of nitrogens with one attached hydrogen (secondary N) is 2. The third kappa shape index (κ3) is 2.89. The molecule has 0 saturated carbocycles. The Morgan fingerprint density at radius 1 is 1.35 bits per heavy atom. The number of rotatable bonds is 3. The predicted molar refractivity (Wildman–Crippen MR) is 72.6 cm³/mol. The van der Waals surface area contributed by atoms with Crippen molar-refractivity contribution < 1.29 is 9.90 Å². The summed E-state index contributed by atoms with van der Waals surface area (Å²) in [5.41, 5.74) is 2.46. The van der Waals surface area contributed by atoms with Crippen molar-refractivity contribution >= 4 is 11.6 Å². The van der Waals surface area contributed by atoms with Crippen LogP contribution in [-0.4, -0.2) is 26.7 Å². The minimum Gasteiger partial charge on any atom is -0.507 e. The summed E-state index contributed by atoms with van der Waals surface area (Å²) in [4.78, 5) is 29.1. The highest BCUT2D eigenvalue weighted by molar-refractivity contribution is 6.02. The summed E-state index contributed by atoms with van der Waals surface area (Å²) in [6, 6.07) is 6.60. The number of amides is 1. The Balaban J connectivity index is 2.18. The summed E-state index contributed by atoms with van der Waals surface area (Å²) in [5, 5.41) is 13.5. The Morgan fingerprint density at radius 2 is 2.10 bits per heavy atom. The molecule has 1 aromatic carbocycles. The molecule has 0 saturated heterocycles. The zero-order chi connectivity index (χ0) is 14.5. The van der Waals surface area contributed by atoms with Gasteiger partial charge in [0.15, 0.2) is 0 Å². The molecule has 0 aliphatic rings. The van der Waals surface area contributed by atoms with Crippen LogP contribution in [0.5, 0.6) is 5.75 Å². The highest BCUT2D eigenvalue weighted by atomic mass is 16.3. The van der Waals surface area contributed by atoms with E-state index in [4.69, 9.17) is 0 Å². The van der Waals surface area contributed by atoms with Gasteiger partial charge in [-0.05, 0) is 19.1 Å². The van der Waals surface area contributed by atoms with E-state index in [0.717, 1.165) is 6.20 Å². The minimum atomic E-state index is -0.672. The zero-order valence-electron chi connectivity index (χ0n) is 10.6. The molecule has 2 rings (SSSR count). The lowest BCUT2D eigenvalue weighted by atomic mass is 10.1. The van der Waals surface area contributed by atoms with Gasteiger partial charge in [-0.25, -0.2) is 10.4 Å². The van der Waals surface area contributed by atoms with E-state index in [-0.39, 0.29) is 11.3 Å². The minimum absolute atomic E-state index is 0.0576. The molecule has 2 aromatic rings. The third-order valence-electron chi connectivity index (χ3n) is 2.58. The Bertz CT molecular complexity index is 721. The molecule has 0 radical (unpaired) electrons. The normalized spacial score (nSPS) is 11.2. The number of aromatic hydroxyl groups is 1. The van der Waals surface area contributed by atoms with E-state index >= 15 is 0 Å². The van der Waals surface area contributed by atoms with Gasteiger partial charge in [0.05, 0.1) is 12.0 Å². The van der Waals surface area contributed by atoms with E-state index in [2.05, 4.69) is 20.5 Å². The first kappa shape index (κ1) is 13.5. The molecule has 3 N–H and O–H groups in total. The molecule has 0 bridgehead atoms. The van der Waals surface area contributed by atoms with Gasteiger partial charge < -0.3 is 10.1 Å². The van der Waals surface area contributed by atoms with Crippen molar-refractivity contribution in [3.63, 3.8) is 0 Å². The van der Waals surface area contributed by atoms with Crippen molar-refractivity contribution in [2.45, 2.75) is 6.92 Å². The molecule has 7 nitrogen and oxygen atoms in total. The largest absolute Gasteiger partial charge is 0.507 e. The van der Waals surface area contributed by atoms with E-state index in [0.29, 0.717) is 11.3 Å². The van der Waals surface area contributed by atoms with Crippen LogP contribution in [0.15, 0.2) is 46.7 Å². The van der Waals surface area contributed by atoms with Crippen LogP contribution in [-0.2, 0) is 0 Å². The van der Waals surface area contributed by atoms with Gasteiger partial charge in [0.25, 0.3) is 11.5 Å². The average Bonchev–Trinajstić information content (AvgIpc) is 2.45. The molecule has 0 spiro atoms. The number of carbonyl (C=O) groups is 1. The van der Waals surface area contributed by atoms with E-state index < -0.39 is 11.5 Å². The monoisotopic (exact) mass is 272 g/mol. The van der Waals surface area contributed by atoms with Crippen LogP contribution >= 0.6 is 0 Å². The van der Waals surface area contributed by atoms with Gasteiger partial charge in [-0.2, -0.15) is 5.10 Å². The fraction of sp³-hybridized carbons (Fsp3) is 0.0769. The molecule has 1 heterocycles. The number of para-hydroxylation sites is 1. The predicted octanol–water partition coefficient (Wildman–Crippen LogP) is 0.629. The van der Waals surface area contributed by atoms with Crippen LogP contribution in [0, 0.1) is 0 Å². The van der Waals surface area contributed by atoms with Crippen molar-refractivity contribution in [1.82, 2.24) is 15.4 Å². The second-order valence-electron chi connectivity index (χ2n) is 3.95. The van der Waals surface area contributed by atoms with E-state index in [9.17, 15) is 14.7 Å². The fourth-order valence-corrected chi connectivity index (χ4v) is 1.54. The number of nitrogens with zero attached hydrogens (tertiary/aromatic N) is 2. The summed E-state index contributed by atoms with van der Waals surface area (Å²) in [6.45, 7) is 1.63. The maximum atomic E-state index is 11.7. The number of carbonyl (C=O) groups excluding carboxylic acids is 1. The first-order valence-corrected chi connectivity index (χ1v) is 5.75. The highest BCUT2D eigenvalue weighted by Gasteiger charge is 2.10. The number of aromatic nitrogens is 2. The Labute approximate surface area is 114 Å². The summed E-state index contributed by atoms with van der Waals surface area (Å²) in [5.74, 6) is -0.614. The molecule has 102 valence electrons. The Morgan fingerprint density at radius 3 is 2.80 bits per heavy atom. The zero-order valence-corrected chi connectivity index (χ0v) is 10.6. The topological polar surface area (TPSA) is 107 Å². The summed E-state index contributed by atoms with van der Waals surface area (Å²) >= 11 is 0. The fourth-order valence-electron chi connectivity index (χ4n) is 1.54. The second kappa shape index (κ2) is 5.79. The van der Waals surface area contributed by atoms with Crippen molar-refractivity contribution in [2.75, 3.05) is 0 Å². The summed E-state index contributed by atoms with van der Waals surface area (Å²) in [6.07, 6.45) is 2.34. The lowest BCUT2D eigenvalue weighted by molar-refractivity contribution is 0.0953. The van der Waals surface area contributed by atoms with Gasteiger partial charge in [-0.15, -0.1) is 0 Å². The molecule has 0 aliphatic heterocycles. The molecular formula is C13H12N4O3. The lowest BCUT2D eigenvalue weighted by Crippen LogP contribution is -2.27. The molecule has 1 aromatic heterocycles. The van der Waals surface area contributed by atoms with Crippen molar-refractivity contribution in [3.05, 3.63) is 58.3 Å².